The third kappa shape index (κ3) is 3.68. The first-order chi connectivity index (χ1) is 9.54. The molecular weight excluding hydrogens is 254 g/mol. The quantitative estimate of drug-likeness (QED) is 0.862. The summed E-state index contributed by atoms with van der Waals surface area (Å²) in [4.78, 5) is 22.8. The summed E-state index contributed by atoms with van der Waals surface area (Å²) in [6, 6.07) is 13.8. The van der Waals surface area contributed by atoms with Gasteiger partial charge in [-0.15, -0.1) is 0 Å². The van der Waals surface area contributed by atoms with Crippen molar-refractivity contribution in [2.24, 2.45) is 0 Å². The van der Waals surface area contributed by atoms with Crippen molar-refractivity contribution in [1.82, 2.24) is 0 Å². The zero-order valence-electron chi connectivity index (χ0n) is 11.3. The molecule has 0 saturated heterocycles. The topological polar surface area (TPSA) is 55.4 Å². The molecule has 0 unspecified atom stereocenters. The lowest BCUT2D eigenvalue weighted by Crippen LogP contribution is -2.16. The van der Waals surface area contributed by atoms with E-state index in [1.165, 1.54) is 6.92 Å². The number of Topliss-reactive ketones (excluding diaryl/α,β-unsaturated/α-hetero) is 1. The largest absolute Gasteiger partial charge is 0.417 e. The van der Waals surface area contributed by atoms with Crippen molar-refractivity contribution in [3.63, 3.8) is 0 Å². The van der Waals surface area contributed by atoms with Crippen LogP contribution in [0.25, 0.3) is 0 Å². The minimum atomic E-state index is -0.565. The number of hydrogen-bond acceptors (Lipinski definition) is 3. The van der Waals surface area contributed by atoms with Crippen LogP contribution in [0.5, 0.6) is 5.75 Å². The highest BCUT2D eigenvalue weighted by atomic mass is 16.6. The van der Waals surface area contributed by atoms with Crippen LogP contribution in [0.4, 0.5) is 10.5 Å². The van der Waals surface area contributed by atoms with Crippen molar-refractivity contribution >= 4 is 17.6 Å². The van der Waals surface area contributed by atoms with Gasteiger partial charge in [-0.05, 0) is 50.2 Å². The van der Waals surface area contributed by atoms with E-state index in [0.717, 1.165) is 5.56 Å². The van der Waals surface area contributed by atoms with E-state index in [-0.39, 0.29) is 5.78 Å². The van der Waals surface area contributed by atoms with E-state index in [2.05, 4.69) is 5.32 Å². The third-order valence-corrected chi connectivity index (χ3v) is 2.77. The molecule has 0 fully saturated rings. The number of hydrogen-bond donors (Lipinski definition) is 1. The van der Waals surface area contributed by atoms with Crippen molar-refractivity contribution in [3.05, 3.63) is 59.7 Å². The highest BCUT2D eigenvalue weighted by molar-refractivity contribution is 5.94. The molecule has 2 aromatic carbocycles. The molecule has 2 rings (SSSR count). The summed E-state index contributed by atoms with van der Waals surface area (Å²) in [5.41, 5.74) is 2.36. The Morgan fingerprint density at radius 3 is 2.10 bits per heavy atom. The Balaban J connectivity index is 1.97. The molecule has 0 aliphatic heterocycles. The molecule has 102 valence electrons. The van der Waals surface area contributed by atoms with Crippen LogP contribution in [0.3, 0.4) is 0 Å². The fourth-order valence-electron chi connectivity index (χ4n) is 1.64. The Morgan fingerprint density at radius 2 is 1.55 bits per heavy atom. The first-order valence-corrected chi connectivity index (χ1v) is 6.21. The Morgan fingerprint density at radius 1 is 0.950 bits per heavy atom. The van der Waals surface area contributed by atoms with Crippen LogP contribution in [0.2, 0.25) is 0 Å². The van der Waals surface area contributed by atoms with Gasteiger partial charge in [0.05, 0.1) is 0 Å². The number of ketones is 1. The van der Waals surface area contributed by atoms with Crippen LogP contribution in [-0.4, -0.2) is 11.9 Å². The van der Waals surface area contributed by atoms with Gasteiger partial charge in [-0.25, -0.2) is 4.79 Å². The summed E-state index contributed by atoms with van der Waals surface area (Å²) in [5.74, 6) is 0.361. The zero-order valence-corrected chi connectivity index (χ0v) is 11.3. The number of nitrogens with one attached hydrogen (secondary N) is 1. The molecule has 0 spiro atoms. The zero-order chi connectivity index (χ0) is 14.5. The van der Waals surface area contributed by atoms with Gasteiger partial charge in [0, 0.05) is 11.3 Å². The summed E-state index contributed by atoms with van der Waals surface area (Å²) in [6.45, 7) is 3.46. The Bertz CT molecular complexity index is 615. The molecule has 2 aromatic rings. The van der Waals surface area contributed by atoms with Crippen LogP contribution in [0.1, 0.15) is 22.8 Å². The normalized spacial score (nSPS) is 9.90. The maximum atomic E-state index is 11.7. The fraction of sp³-hybridized carbons (Fsp3) is 0.125. The van der Waals surface area contributed by atoms with Gasteiger partial charge in [0.25, 0.3) is 0 Å². The van der Waals surface area contributed by atoms with Crippen LogP contribution in [0, 0.1) is 6.92 Å². The van der Waals surface area contributed by atoms with Crippen molar-refractivity contribution in [3.8, 4) is 5.75 Å². The van der Waals surface area contributed by atoms with E-state index in [9.17, 15) is 9.59 Å². The second kappa shape index (κ2) is 6.02. The van der Waals surface area contributed by atoms with Gasteiger partial charge in [0.1, 0.15) is 5.75 Å². The molecule has 1 N–H and O–H groups in total. The minimum Gasteiger partial charge on any atom is -0.410 e. The summed E-state index contributed by atoms with van der Waals surface area (Å²) in [6.07, 6.45) is -0.565. The SMILES string of the molecule is CC(=O)c1ccc(OC(=O)Nc2ccc(C)cc2)cc1. The molecule has 1 amide bonds. The molecule has 0 aliphatic carbocycles. The van der Waals surface area contributed by atoms with E-state index in [1.807, 2.05) is 19.1 Å². The molecule has 0 bridgehead atoms. The summed E-state index contributed by atoms with van der Waals surface area (Å²) < 4.78 is 5.12. The van der Waals surface area contributed by atoms with E-state index in [4.69, 9.17) is 4.74 Å². The lowest BCUT2D eigenvalue weighted by molar-refractivity contribution is 0.101. The number of ether oxygens (including phenoxy) is 1. The van der Waals surface area contributed by atoms with Crippen molar-refractivity contribution < 1.29 is 14.3 Å². The average Bonchev–Trinajstić information content (AvgIpc) is 2.42. The highest BCUT2D eigenvalue weighted by Crippen LogP contribution is 2.14. The summed E-state index contributed by atoms with van der Waals surface area (Å²) in [7, 11) is 0. The smallest absolute Gasteiger partial charge is 0.410 e. The lowest BCUT2D eigenvalue weighted by atomic mass is 10.1. The van der Waals surface area contributed by atoms with E-state index >= 15 is 0 Å². The van der Waals surface area contributed by atoms with Gasteiger partial charge < -0.3 is 4.74 Å². The van der Waals surface area contributed by atoms with Crippen molar-refractivity contribution in [2.45, 2.75) is 13.8 Å². The van der Waals surface area contributed by atoms with E-state index < -0.39 is 6.09 Å². The molecule has 20 heavy (non-hydrogen) atoms. The van der Waals surface area contributed by atoms with Crippen LogP contribution < -0.4 is 10.1 Å². The predicted octanol–water partition coefficient (Wildman–Crippen LogP) is 3.81. The van der Waals surface area contributed by atoms with E-state index in [0.29, 0.717) is 17.0 Å². The van der Waals surface area contributed by atoms with Gasteiger partial charge in [-0.1, -0.05) is 17.7 Å². The number of carbonyl (C=O) groups excluding carboxylic acids is 2. The lowest BCUT2D eigenvalue weighted by Gasteiger charge is -2.07. The number of anilines is 1. The van der Waals surface area contributed by atoms with Gasteiger partial charge in [-0.2, -0.15) is 0 Å². The highest BCUT2D eigenvalue weighted by Gasteiger charge is 2.06. The Labute approximate surface area is 117 Å². The van der Waals surface area contributed by atoms with Crippen molar-refractivity contribution in [1.29, 1.82) is 0 Å². The van der Waals surface area contributed by atoms with Crippen LogP contribution >= 0.6 is 0 Å². The minimum absolute atomic E-state index is 0.0272. The number of aryl methyl sites for hydroxylation is 1. The maximum Gasteiger partial charge on any atom is 0.417 e. The molecule has 0 aromatic heterocycles. The number of benzene rings is 2. The van der Waals surface area contributed by atoms with Crippen LogP contribution in [-0.2, 0) is 0 Å². The van der Waals surface area contributed by atoms with Gasteiger partial charge in [-0.3, -0.25) is 10.1 Å². The van der Waals surface area contributed by atoms with Crippen LogP contribution in [0.15, 0.2) is 48.5 Å². The average molecular weight is 269 g/mol. The molecule has 4 nitrogen and oxygen atoms in total. The second-order valence-electron chi connectivity index (χ2n) is 4.46. The Hall–Kier alpha value is -2.62. The molecule has 4 heteroatoms. The monoisotopic (exact) mass is 269 g/mol. The first kappa shape index (κ1) is 13.8. The van der Waals surface area contributed by atoms with Gasteiger partial charge >= 0.3 is 6.09 Å². The predicted molar refractivity (Wildman–Crippen MR) is 77.3 cm³/mol. The van der Waals surface area contributed by atoms with Gasteiger partial charge in [0.15, 0.2) is 5.78 Å². The Kier molecular flexibility index (Phi) is 4.15. The fourth-order valence-corrected chi connectivity index (χ4v) is 1.64. The first-order valence-electron chi connectivity index (χ1n) is 6.21. The summed E-state index contributed by atoms with van der Waals surface area (Å²) >= 11 is 0. The van der Waals surface area contributed by atoms with Crippen molar-refractivity contribution in [2.75, 3.05) is 5.32 Å². The molecule has 0 saturated carbocycles. The second-order valence-corrected chi connectivity index (χ2v) is 4.46. The molecule has 0 heterocycles. The molecule has 0 radical (unpaired) electrons. The molecule has 0 aliphatic rings. The number of carbonyl (C=O) groups is 2. The molecular formula is C16H15NO3. The third-order valence-electron chi connectivity index (χ3n) is 2.77. The summed E-state index contributed by atoms with van der Waals surface area (Å²) in [5, 5.41) is 2.63. The van der Waals surface area contributed by atoms with Gasteiger partial charge in [0.2, 0.25) is 0 Å². The standard InChI is InChI=1S/C16H15NO3/c1-11-3-7-14(8-4-11)17-16(19)20-15-9-5-13(6-10-15)12(2)18/h3-10H,1-2H3,(H,17,19). The number of rotatable bonds is 3. The molecule has 0 atom stereocenters. The van der Waals surface area contributed by atoms with E-state index in [1.54, 1.807) is 36.4 Å². The maximum absolute atomic E-state index is 11.7. The number of amides is 1.